The molecule has 0 spiro atoms. The van der Waals surface area contributed by atoms with E-state index in [0.29, 0.717) is 30.7 Å². The lowest BCUT2D eigenvalue weighted by atomic mass is 9.81. The average molecular weight is 268 g/mol. The lowest BCUT2D eigenvalue weighted by Gasteiger charge is -2.31. The number of carbonyl (C=O) groups is 1. The minimum absolute atomic E-state index is 0.0381. The van der Waals surface area contributed by atoms with E-state index in [4.69, 9.17) is 9.47 Å². The van der Waals surface area contributed by atoms with Crippen molar-refractivity contribution in [3.63, 3.8) is 0 Å². The van der Waals surface area contributed by atoms with E-state index in [0.717, 1.165) is 38.5 Å². The third-order valence-electron chi connectivity index (χ3n) is 5.06. The molecule has 3 fully saturated rings. The first kappa shape index (κ1) is 13.4. The van der Waals surface area contributed by atoms with Crippen LogP contribution >= 0.6 is 0 Å². The number of hydrogen-bond donors (Lipinski definition) is 1. The number of ether oxygens (including phenoxy) is 2. The highest BCUT2D eigenvalue weighted by Gasteiger charge is 2.46. The quantitative estimate of drug-likeness (QED) is 0.627. The molecule has 6 unspecified atom stereocenters. The van der Waals surface area contributed by atoms with Crippen molar-refractivity contribution in [2.75, 3.05) is 6.61 Å². The Hall–Kier alpha value is -0.610. The lowest BCUT2D eigenvalue weighted by molar-refractivity contribution is -0.151. The first-order valence-electron chi connectivity index (χ1n) is 7.63. The van der Waals surface area contributed by atoms with Crippen LogP contribution in [0.3, 0.4) is 0 Å². The fraction of sp³-hybridized carbons (Fsp3) is 0.933. The molecule has 4 nitrogen and oxygen atoms in total. The van der Waals surface area contributed by atoms with Crippen molar-refractivity contribution in [1.82, 2.24) is 0 Å². The molecule has 0 aromatic rings. The van der Waals surface area contributed by atoms with Gasteiger partial charge in [-0.25, -0.2) is 0 Å². The van der Waals surface area contributed by atoms with Gasteiger partial charge in [0, 0.05) is 0 Å². The van der Waals surface area contributed by atoms with Crippen LogP contribution in [-0.4, -0.2) is 36.0 Å². The molecule has 0 aromatic heterocycles. The Morgan fingerprint density at radius 2 is 2.05 bits per heavy atom. The normalized spacial score (nSPS) is 45.4. The predicted molar refractivity (Wildman–Crippen MR) is 69.5 cm³/mol. The molecule has 4 heteroatoms. The largest absolute Gasteiger partial charge is 0.465 e. The van der Waals surface area contributed by atoms with Crippen molar-refractivity contribution in [1.29, 1.82) is 0 Å². The number of epoxide rings is 1. The van der Waals surface area contributed by atoms with Crippen LogP contribution in [0.25, 0.3) is 0 Å². The molecule has 2 aliphatic carbocycles. The van der Waals surface area contributed by atoms with Gasteiger partial charge in [0.2, 0.25) is 0 Å². The minimum atomic E-state index is -0.229. The number of hydrogen-bond acceptors (Lipinski definition) is 4. The number of rotatable bonds is 3. The summed E-state index contributed by atoms with van der Waals surface area (Å²) >= 11 is 0. The monoisotopic (exact) mass is 268 g/mol. The van der Waals surface area contributed by atoms with Gasteiger partial charge >= 0.3 is 5.97 Å². The van der Waals surface area contributed by atoms with Gasteiger partial charge in [0.25, 0.3) is 0 Å². The van der Waals surface area contributed by atoms with Gasteiger partial charge in [-0.3, -0.25) is 4.79 Å². The van der Waals surface area contributed by atoms with Gasteiger partial charge in [0.05, 0.1) is 30.8 Å². The maximum Gasteiger partial charge on any atom is 0.309 e. The minimum Gasteiger partial charge on any atom is -0.465 e. The van der Waals surface area contributed by atoms with Crippen molar-refractivity contribution < 1.29 is 19.4 Å². The summed E-state index contributed by atoms with van der Waals surface area (Å²) in [5.41, 5.74) is 0. The third kappa shape index (κ3) is 3.11. The maximum atomic E-state index is 12.0. The van der Waals surface area contributed by atoms with Crippen molar-refractivity contribution in [2.45, 2.75) is 63.8 Å². The van der Waals surface area contributed by atoms with Gasteiger partial charge in [-0.2, -0.15) is 0 Å². The van der Waals surface area contributed by atoms with Crippen molar-refractivity contribution in [2.24, 2.45) is 17.8 Å². The molecule has 0 aromatic carbocycles. The van der Waals surface area contributed by atoms with Gasteiger partial charge in [-0.1, -0.05) is 6.92 Å². The highest BCUT2D eigenvalue weighted by Crippen LogP contribution is 2.40. The Morgan fingerprint density at radius 1 is 1.21 bits per heavy atom. The second-order valence-corrected chi connectivity index (χ2v) is 6.58. The Morgan fingerprint density at radius 3 is 2.79 bits per heavy atom. The molecule has 0 amide bonds. The van der Waals surface area contributed by atoms with E-state index in [9.17, 15) is 9.90 Å². The molecule has 19 heavy (non-hydrogen) atoms. The van der Waals surface area contributed by atoms with Crippen LogP contribution in [0, 0.1) is 17.8 Å². The average Bonchev–Trinajstić information content (AvgIpc) is 3.18. The Balaban J connectivity index is 1.40. The molecular weight excluding hydrogens is 244 g/mol. The Kier molecular flexibility index (Phi) is 3.81. The molecule has 1 N–H and O–H groups in total. The van der Waals surface area contributed by atoms with E-state index in [1.54, 1.807) is 0 Å². The van der Waals surface area contributed by atoms with Gasteiger partial charge in [0.15, 0.2) is 0 Å². The van der Waals surface area contributed by atoms with Crippen LogP contribution < -0.4 is 0 Å². The number of esters is 1. The Labute approximate surface area is 114 Å². The summed E-state index contributed by atoms with van der Waals surface area (Å²) in [6.45, 7) is 2.56. The van der Waals surface area contributed by atoms with Crippen LogP contribution in [0.1, 0.15) is 45.4 Å². The summed E-state index contributed by atoms with van der Waals surface area (Å²) in [5, 5.41) is 9.85. The van der Waals surface area contributed by atoms with Gasteiger partial charge in [-0.15, -0.1) is 0 Å². The fourth-order valence-electron chi connectivity index (χ4n) is 3.47. The topological polar surface area (TPSA) is 59.1 Å². The van der Waals surface area contributed by atoms with Crippen molar-refractivity contribution >= 4 is 5.97 Å². The lowest BCUT2D eigenvalue weighted by Crippen LogP contribution is -2.31. The van der Waals surface area contributed by atoms with E-state index in [1.165, 1.54) is 0 Å². The van der Waals surface area contributed by atoms with E-state index in [2.05, 4.69) is 6.92 Å². The van der Waals surface area contributed by atoms with E-state index < -0.39 is 0 Å². The van der Waals surface area contributed by atoms with E-state index in [1.807, 2.05) is 0 Å². The number of aliphatic hydroxyl groups is 1. The third-order valence-corrected chi connectivity index (χ3v) is 5.06. The van der Waals surface area contributed by atoms with Crippen LogP contribution in [0.5, 0.6) is 0 Å². The number of aliphatic hydroxyl groups excluding tert-OH is 1. The zero-order valence-electron chi connectivity index (χ0n) is 11.6. The van der Waals surface area contributed by atoms with Gasteiger partial charge < -0.3 is 14.6 Å². The van der Waals surface area contributed by atoms with Gasteiger partial charge in [-0.05, 0) is 50.4 Å². The van der Waals surface area contributed by atoms with E-state index in [-0.39, 0.29) is 18.0 Å². The highest BCUT2D eigenvalue weighted by molar-refractivity contribution is 5.72. The first-order chi connectivity index (χ1) is 9.13. The molecule has 0 bridgehead atoms. The van der Waals surface area contributed by atoms with Crippen molar-refractivity contribution in [3.05, 3.63) is 0 Å². The second kappa shape index (κ2) is 5.41. The molecule has 2 saturated carbocycles. The maximum absolute atomic E-state index is 12.0. The second-order valence-electron chi connectivity index (χ2n) is 6.58. The standard InChI is InChI=1S/C15H24O4/c1-9-2-3-10(6-12(9)16)8-18-15(17)11-4-5-13-14(7-11)19-13/h9-14,16H,2-8H2,1H3. The summed E-state index contributed by atoms with van der Waals surface area (Å²) in [4.78, 5) is 12.0. The molecule has 1 aliphatic heterocycles. The van der Waals surface area contributed by atoms with Crippen LogP contribution in [-0.2, 0) is 14.3 Å². The molecular formula is C15H24O4. The predicted octanol–water partition coefficient (Wildman–Crippen LogP) is 1.89. The molecule has 108 valence electrons. The molecule has 3 rings (SSSR count). The van der Waals surface area contributed by atoms with Crippen molar-refractivity contribution in [3.8, 4) is 0 Å². The number of fused-ring (bicyclic) bond motifs is 1. The van der Waals surface area contributed by atoms with Crippen LogP contribution in [0.2, 0.25) is 0 Å². The summed E-state index contributed by atoms with van der Waals surface area (Å²) in [7, 11) is 0. The molecule has 0 radical (unpaired) electrons. The summed E-state index contributed by atoms with van der Waals surface area (Å²) < 4.78 is 10.9. The molecule has 6 atom stereocenters. The zero-order chi connectivity index (χ0) is 13.4. The van der Waals surface area contributed by atoms with Crippen LogP contribution in [0.4, 0.5) is 0 Å². The SMILES string of the molecule is CC1CCC(COC(=O)C2CCC3OC3C2)CC1O. The molecule has 1 saturated heterocycles. The Bertz CT molecular complexity index is 343. The molecule has 3 aliphatic rings. The fourth-order valence-corrected chi connectivity index (χ4v) is 3.47. The summed E-state index contributed by atoms with van der Waals surface area (Å²) in [5.74, 6) is 0.705. The summed E-state index contributed by atoms with van der Waals surface area (Å²) in [6.07, 6.45) is 6.14. The smallest absolute Gasteiger partial charge is 0.309 e. The van der Waals surface area contributed by atoms with E-state index >= 15 is 0 Å². The van der Waals surface area contributed by atoms with Gasteiger partial charge in [0.1, 0.15) is 0 Å². The summed E-state index contributed by atoms with van der Waals surface area (Å²) in [6, 6.07) is 0. The number of carbonyl (C=O) groups excluding carboxylic acids is 1. The first-order valence-corrected chi connectivity index (χ1v) is 7.63. The van der Waals surface area contributed by atoms with Crippen LogP contribution in [0.15, 0.2) is 0 Å². The highest BCUT2D eigenvalue weighted by atomic mass is 16.6. The molecule has 1 heterocycles. The zero-order valence-corrected chi connectivity index (χ0v) is 11.6.